The maximum absolute atomic E-state index is 13.1. The summed E-state index contributed by atoms with van der Waals surface area (Å²) in [6, 6.07) is 8.14. The number of rotatable bonds is 4. The zero-order chi connectivity index (χ0) is 13.1. The van der Waals surface area contributed by atoms with Gasteiger partial charge in [-0.15, -0.1) is 11.3 Å². The van der Waals surface area contributed by atoms with Crippen molar-refractivity contribution in [3.63, 3.8) is 0 Å². The number of aryl methyl sites for hydroxylation is 1. The lowest BCUT2D eigenvalue weighted by molar-refractivity contribution is 0.182. The number of thiophene rings is 1. The lowest BCUT2D eigenvalue weighted by atomic mass is 10.1. The first-order valence-electron chi connectivity index (χ1n) is 5.80. The van der Waals surface area contributed by atoms with E-state index in [-0.39, 0.29) is 5.82 Å². The molecule has 18 heavy (non-hydrogen) atoms. The Balaban J connectivity index is 2.15. The van der Waals surface area contributed by atoms with Crippen LogP contribution in [0.15, 0.2) is 30.3 Å². The third-order valence-corrected chi connectivity index (χ3v) is 4.48. The number of aliphatic hydroxyl groups is 1. The summed E-state index contributed by atoms with van der Waals surface area (Å²) in [5.41, 5.74) is 0.635. The van der Waals surface area contributed by atoms with Gasteiger partial charge in [0.15, 0.2) is 0 Å². The summed E-state index contributed by atoms with van der Waals surface area (Å²) in [5, 5.41) is 10.6. The maximum atomic E-state index is 13.1. The number of benzene rings is 1. The molecule has 0 fully saturated rings. The third kappa shape index (κ3) is 3.10. The van der Waals surface area contributed by atoms with Gasteiger partial charge < -0.3 is 5.11 Å². The molecule has 0 radical (unpaired) electrons. The molecule has 0 saturated carbocycles. The fourth-order valence-corrected chi connectivity index (χ4v) is 2.91. The standard InChI is InChI=1S/C14H14ClFOS/c1-2-11-4-6-14(18-11)13(17)8-9-7-10(16)3-5-12(9)15/h3-7,13,17H,2,8H2,1H3. The molecule has 1 heterocycles. The lowest BCUT2D eigenvalue weighted by Crippen LogP contribution is -2.00. The van der Waals surface area contributed by atoms with Gasteiger partial charge in [0.1, 0.15) is 5.82 Å². The summed E-state index contributed by atoms with van der Waals surface area (Å²) in [6.07, 6.45) is 0.660. The summed E-state index contributed by atoms with van der Waals surface area (Å²) in [7, 11) is 0. The molecule has 0 spiro atoms. The molecule has 0 amide bonds. The summed E-state index contributed by atoms with van der Waals surface area (Å²) in [4.78, 5) is 2.13. The minimum atomic E-state index is -0.630. The lowest BCUT2D eigenvalue weighted by Gasteiger charge is -2.10. The van der Waals surface area contributed by atoms with Crippen molar-refractivity contribution >= 4 is 22.9 Å². The van der Waals surface area contributed by atoms with Crippen LogP contribution in [0.25, 0.3) is 0 Å². The van der Waals surface area contributed by atoms with E-state index >= 15 is 0 Å². The van der Waals surface area contributed by atoms with Crippen molar-refractivity contribution in [1.82, 2.24) is 0 Å². The number of halogens is 2. The van der Waals surface area contributed by atoms with Crippen LogP contribution < -0.4 is 0 Å². The molecule has 0 saturated heterocycles. The molecule has 2 rings (SSSR count). The van der Waals surface area contributed by atoms with Gasteiger partial charge in [0.25, 0.3) is 0 Å². The molecule has 0 aliphatic heterocycles. The fourth-order valence-electron chi connectivity index (χ4n) is 1.77. The van der Waals surface area contributed by atoms with Crippen LogP contribution in [-0.4, -0.2) is 5.11 Å². The van der Waals surface area contributed by atoms with Crippen LogP contribution in [0.3, 0.4) is 0 Å². The van der Waals surface area contributed by atoms with E-state index < -0.39 is 6.10 Å². The third-order valence-electron chi connectivity index (χ3n) is 2.78. The Kier molecular flexibility index (Phi) is 4.38. The molecule has 0 aliphatic rings. The Hall–Kier alpha value is -0.900. The summed E-state index contributed by atoms with van der Waals surface area (Å²) in [6.45, 7) is 2.07. The highest BCUT2D eigenvalue weighted by molar-refractivity contribution is 7.12. The first-order chi connectivity index (χ1) is 8.60. The molecule has 1 atom stereocenters. The van der Waals surface area contributed by atoms with E-state index in [2.05, 4.69) is 6.92 Å². The molecule has 0 aliphatic carbocycles. The van der Waals surface area contributed by atoms with Crippen LogP contribution in [0.1, 0.15) is 28.3 Å². The highest BCUT2D eigenvalue weighted by Gasteiger charge is 2.13. The molecule has 4 heteroatoms. The first kappa shape index (κ1) is 13.5. The van der Waals surface area contributed by atoms with E-state index in [9.17, 15) is 9.50 Å². The number of hydrogen-bond donors (Lipinski definition) is 1. The van der Waals surface area contributed by atoms with E-state index in [1.165, 1.54) is 23.1 Å². The molecule has 1 aromatic heterocycles. The summed E-state index contributed by atoms with van der Waals surface area (Å²) < 4.78 is 13.1. The Bertz CT molecular complexity index is 538. The van der Waals surface area contributed by atoms with Crippen LogP contribution in [0, 0.1) is 5.82 Å². The van der Waals surface area contributed by atoms with Gasteiger partial charge in [0, 0.05) is 21.2 Å². The van der Waals surface area contributed by atoms with Crippen molar-refractivity contribution in [3.8, 4) is 0 Å². The van der Waals surface area contributed by atoms with E-state index in [4.69, 9.17) is 11.6 Å². The fraction of sp³-hybridized carbons (Fsp3) is 0.286. The largest absolute Gasteiger partial charge is 0.387 e. The van der Waals surface area contributed by atoms with Crippen molar-refractivity contribution in [2.75, 3.05) is 0 Å². The minimum absolute atomic E-state index is 0.331. The zero-order valence-corrected chi connectivity index (χ0v) is 11.6. The quantitative estimate of drug-likeness (QED) is 0.883. The van der Waals surface area contributed by atoms with E-state index in [0.29, 0.717) is 17.0 Å². The highest BCUT2D eigenvalue weighted by Crippen LogP contribution is 2.28. The SMILES string of the molecule is CCc1ccc(C(O)Cc2cc(F)ccc2Cl)s1. The molecule has 2 aromatic rings. The minimum Gasteiger partial charge on any atom is -0.387 e. The summed E-state index contributed by atoms with van der Waals surface area (Å²) in [5.74, 6) is -0.331. The van der Waals surface area contributed by atoms with Gasteiger partial charge in [-0.25, -0.2) is 4.39 Å². The second kappa shape index (κ2) is 5.83. The Morgan fingerprint density at radius 2 is 2.11 bits per heavy atom. The van der Waals surface area contributed by atoms with Crippen LogP contribution >= 0.6 is 22.9 Å². The number of hydrogen-bond acceptors (Lipinski definition) is 2. The van der Waals surface area contributed by atoms with Crippen LogP contribution in [0.2, 0.25) is 5.02 Å². The predicted octanol–water partition coefficient (Wildman–Crippen LogP) is 4.38. The van der Waals surface area contributed by atoms with Gasteiger partial charge in [-0.05, 0) is 42.3 Å². The molecular weight excluding hydrogens is 271 g/mol. The van der Waals surface area contributed by atoms with Crippen molar-refractivity contribution in [2.24, 2.45) is 0 Å². The van der Waals surface area contributed by atoms with Gasteiger partial charge in [-0.2, -0.15) is 0 Å². The van der Waals surface area contributed by atoms with Gasteiger partial charge in [0.2, 0.25) is 0 Å². The van der Waals surface area contributed by atoms with Crippen molar-refractivity contribution in [2.45, 2.75) is 25.9 Å². The van der Waals surface area contributed by atoms with Crippen molar-refractivity contribution < 1.29 is 9.50 Å². The normalized spacial score (nSPS) is 12.7. The second-order valence-electron chi connectivity index (χ2n) is 4.11. The maximum Gasteiger partial charge on any atom is 0.123 e. The smallest absolute Gasteiger partial charge is 0.123 e. The Morgan fingerprint density at radius 1 is 1.33 bits per heavy atom. The molecule has 0 bridgehead atoms. The van der Waals surface area contributed by atoms with Crippen LogP contribution in [0.4, 0.5) is 4.39 Å². The van der Waals surface area contributed by atoms with E-state index in [1.54, 1.807) is 11.3 Å². The van der Waals surface area contributed by atoms with Crippen molar-refractivity contribution in [3.05, 3.63) is 56.5 Å². The highest BCUT2D eigenvalue weighted by atomic mass is 35.5. The van der Waals surface area contributed by atoms with Crippen LogP contribution in [-0.2, 0) is 12.8 Å². The average Bonchev–Trinajstić information content (AvgIpc) is 2.82. The van der Waals surface area contributed by atoms with E-state index in [1.807, 2.05) is 12.1 Å². The molecule has 1 nitrogen and oxygen atoms in total. The van der Waals surface area contributed by atoms with Gasteiger partial charge in [0.05, 0.1) is 6.10 Å². The topological polar surface area (TPSA) is 20.2 Å². The van der Waals surface area contributed by atoms with Gasteiger partial charge in [-0.1, -0.05) is 18.5 Å². The molecular formula is C14H14ClFOS. The van der Waals surface area contributed by atoms with E-state index in [0.717, 1.165) is 11.3 Å². The van der Waals surface area contributed by atoms with Crippen LogP contribution in [0.5, 0.6) is 0 Å². The zero-order valence-electron chi connectivity index (χ0n) is 9.99. The molecule has 1 N–H and O–H groups in total. The van der Waals surface area contributed by atoms with Gasteiger partial charge in [-0.3, -0.25) is 0 Å². The second-order valence-corrected chi connectivity index (χ2v) is 5.72. The molecule has 96 valence electrons. The van der Waals surface area contributed by atoms with Crippen molar-refractivity contribution in [1.29, 1.82) is 0 Å². The molecule has 1 aromatic carbocycles. The average molecular weight is 285 g/mol. The summed E-state index contributed by atoms with van der Waals surface area (Å²) >= 11 is 7.57. The number of aliphatic hydroxyl groups excluding tert-OH is 1. The Labute approximate surface area is 115 Å². The van der Waals surface area contributed by atoms with Gasteiger partial charge >= 0.3 is 0 Å². The molecule has 1 unspecified atom stereocenters. The first-order valence-corrected chi connectivity index (χ1v) is 7.00. The predicted molar refractivity (Wildman–Crippen MR) is 73.8 cm³/mol. The monoisotopic (exact) mass is 284 g/mol. The Morgan fingerprint density at radius 3 is 2.78 bits per heavy atom.